The van der Waals surface area contributed by atoms with E-state index in [0.29, 0.717) is 35.5 Å². The molecule has 2 heterocycles. The molecule has 0 N–H and O–H groups in total. The van der Waals surface area contributed by atoms with E-state index in [9.17, 15) is 18.0 Å². The summed E-state index contributed by atoms with van der Waals surface area (Å²) in [5.74, 6) is 0.330. The highest BCUT2D eigenvalue weighted by Gasteiger charge is 2.31. The minimum absolute atomic E-state index is 0.217. The molecular weight excluding hydrogens is 387 g/mol. The van der Waals surface area contributed by atoms with Gasteiger partial charge in [-0.05, 0) is 55.3 Å². The molecule has 152 valence electrons. The normalized spacial score (nSPS) is 13.9. The highest BCUT2D eigenvalue weighted by Crippen LogP contribution is 2.35. The van der Waals surface area contributed by atoms with E-state index < -0.39 is 6.36 Å². The van der Waals surface area contributed by atoms with Crippen molar-refractivity contribution in [3.63, 3.8) is 0 Å². The monoisotopic (exact) mass is 405 g/mol. The third-order valence-electron chi connectivity index (χ3n) is 5.03. The molecule has 1 aliphatic heterocycles. The van der Waals surface area contributed by atoms with Crippen LogP contribution in [0.15, 0.2) is 45.6 Å². The van der Waals surface area contributed by atoms with Crippen molar-refractivity contribution in [2.75, 3.05) is 11.6 Å². The lowest BCUT2D eigenvalue weighted by atomic mass is 10.0. The molecule has 0 saturated heterocycles. The first-order valence-electron chi connectivity index (χ1n) is 9.08. The summed E-state index contributed by atoms with van der Waals surface area (Å²) in [7, 11) is 0. The SMILES string of the molecule is CCc1c(C)c2ccc3c(c2oc1=O)CN(c1ccc(OC(F)(F)F)cc1)CO3. The maximum absolute atomic E-state index is 12.3. The maximum atomic E-state index is 12.3. The maximum Gasteiger partial charge on any atom is 0.573 e. The summed E-state index contributed by atoms with van der Waals surface area (Å²) in [6.07, 6.45) is -4.16. The number of nitrogens with zero attached hydrogens (tertiary/aromatic N) is 1. The van der Waals surface area contributed by atoms with Crippen LogP contribution >= 0.6 is 0 Å². The molecule has 4 rings (SSSR count). The number of ether oxygens (including phenoxy) is 2. The first-order chi connectivity index (χ1) is 13.8. The van der Waals surface area contributed by atoms with Crippen LogP contribution in [0.1, 0.15) is 23.6 Å². The topological polar surface area (TPSA) is 51.9 Å². The second-order valence-corrected chi connectivity index (χ2v) is 6.78. The summed E-state index contributed by atoms with van der Waals surface area (Å²) >= 11 is 0. The Balaban J connectivity index is 1.69. The van der Waals surface area contributed by atoms with Crippen LogP contribution in [0.5, 0.6) is 11.5 Å². The second-order valence-electron chi connectivity index (χ2n) is 6.78. The predicted molar refractivity (Wildman–Crippen MR) is 101 cm³/mol. The Bertz CT molecular complexity index is 1120. The summed E-state index contributed by atoms with van der Waals surface area (Å²) in [6, 6.07) is 9.28. The molecule has 0 amide bonds. The van der Waals surface area contributed by atoms with Gasteiger partial charge in [-0.2, -0.15) is 0 Å². The van der Waals surface area contributed by atoms with Crippen molar-refractivity contribution >= 4 is 16.7 Å². The fraction of sp³-hybridized carbons (Fsp3) is 0.286. The Morgan fingerprint density at radius 1 is 1.14 bits per heavy atom. The number of hydrogen-bond acceptors (Lipinski definition) is 5. The van der Waals surface area contributed by atoms with Crippen LogP contribution in [0, 0.1) is 6.92 Å². The highest BCUT2D eigenvalue weighted by atomic mass is 19.4. The van der Waals surface area contributed by atoms with Gasteiger partial charge in [0.2, 0.25) is 0 Å². The van der Waals surface area contributed by atoms with Gasteiger partial charge in [0.15, 0.2) is 6.73 Å². The van der Waals surface area contributed by atoms with Crippen molar-refractivity contribution < 1.29 is 27.1 Å². The molecule has 2 aromatic carbocycles. The Morgan fingerprint density at radius 3 is 2.52 bits per heavy atom. The van der Waals surface area contributed by atoms with E-state index in [2.05, 4.69) is 4.74 Å². The van der Waals surface area contributed by atoms with Crippen LogP contribution in [-0.4, -0.2) is 13.1 Å². The number of anilines is 1. The van der Waals surface area contributed by atoms with Crippen molar-refractivity contribution in [2.45, 2.75) is 33.2 Å². The zero-order valence-electron chi connectivity index (χ0n) is 15.8. The van der Waals surface area contributed by atoms with Crippen molar-refractivity contribution in [1.29, 1.82) is 0 Å². The van der Waals surface area contributed by atoms with Crippen LogP contribution in [0.4, 0.5) is 18.9 Å². The molecular formula is C21H18F3NO4. The third-order valence-corrected chi connectivity index (χ3v) is 5.03. The average Bonchev–Trinajstić information content (AvgIpc) is 2.67. The fourth-order valence-corrected chi connectivity index (χ4v) is 3.59. The number of alkyl halides is 3. The van der Waals surface area contributed by atoms with Gasteiger partial charge in [0.25, 0.3) is 0 Å². The molecule has 3 aromatic rings. The lowest BCUT2D eigenvalue weighted by Crippen LogP contribution is -2.32. The van der Waals surface area contributed by atoms with Gasteiger partial charge in [-0.1, -0.05) is 6.92 Å². The summed E-state index contributed by atoms with van der Waals surface area (Å²) in [5, 5.41) is 0.847. The molecule has 0 atom stereocenters. The first kappa shape index (κ1) is 19.2. The van der Waals surface area contributed by atoms with Gasteiger partial charge in [-0.25, -0.2) is 4.79 Å². The Morgan fingerprint density at radius 2 is 1.86 bits per heavy atom. The van der Waals surface area contributed by atoms with E-state index in [1.54, 1.807) is 0 Å². The third kappa shape index (κ3) is 3.62. The van der Waals surface area contributed by atoms with Gasteiger partial charge in [0.1, 0.15) is 17.1 Å². The molecule has 29 heavy (non-hydrogen) atoms. The highest BCUT2D eigenvalue weighted by molar-refractivity contribution is 5.86. The van der Waals surface area contributed by atoms with Gasteiger partial charge in [0, 0.05) is 16.6 Å². The average molecular weight is 405 g/mol. The molecule has 0 spiro atoms. The lowest BCUT2D eigenvalue weighted by Gasteiger charge is -2.31. The van der Waals surface area contributed by atoms with Gasteiger partial charge < -0.3 is 18.8 Å². The molecule has 0 aliphatic carbocycles. The van der Waals surface area contributed by atoms with Crippen LogP contribution in [0.25, 0.3) is 11.0 Å². The zero-order valence-corrected chi connectivity index (χ0v) is 15.8. The Labute approximate surface area is 164 Å². The van der Waals surface area contributed by atoms with E-state index >= 15 is 0 Å². The smallest absolute Gasteiger partial charge is 0.473 e. The van der Waals surface area contributed by atoms with Crippen molar-refractivity contribution in [3.8, 4) is 11.5 Å². The molecule has 0 unspecified atom stereocenters. The van der Waals surface area contributed by atoms with Crippen molar-refractivity contribution in [1.82, 2.24) is 0 Å². The van der Waals surface area contributed by atoms with E-state index in [0.717, 1.165) is 16.5 Å². The minimum atomic E-state index is -4.74. The van der Waals surface area contributed by atoms with Crippen LogP contribution in [-0.2, 0) is 13.0 Å². The molecule has 8 heteroatoms. The quantitative estimate of drug-likeness (QED) is 0.579. The van der Waals surface area contributed by atoms with Crippen LogP contribution in [0.2, 0.25) is 0 Å². The number of halogens is 3. The Kier molecular flexibility index (Phi) is 4.64. The second kappa shape index (κ2) is 7.02. The van der Waals surface area contributed by atoms with Crippen molar-refractivity contribution in [3.05, 3.63) is 63.5 Å². The molecule has 0 bridgehead atoms. The molecule has 0 saturated carbocycles. The largest absolute Gasteiger partial charge is 0.573 e. The first-order valence-corrected chi connectivity index (χ1v) is 9.08. The van der Waals surface area contributed by atoms with Gasteiger partial charge >= 0.3 is 12.0 Å². The number of aryl methyl sites for hydroxylation is 1. The predicted octanol–water partition coefficient (Wildman–Crippen LogP) is 4.92. The zero-order chi connectivity index (χ0) is 20.8. The molecule has 0 radical (unpaired) electrons. The minimum Gasteiger partial charge on any atom is -0.473 e. The summed E-state index contributed by atoms with van der Waals surface area (Å²) in [5.41, 5.74) is 3.03. The Hall–Kier alpha value is -3.16. The molecule has 5 nitrogen and oxygen atoms in total. The standard InChI is InChI=1S/C21H18F3NO4/c1-3-15-12(2)16-8-9-18-17(19(16)28-20(15)26)10-25(11-27-18)13-4-6-14(7-5-13)29-21(22,23)24/h4-9H,3,10-11H2,1-2H3. The number of hydrogen-bond donors (Lipinski definition) is 0. The summed E-state index contributed by atoms with van der Waals surface area (Å²) < 4.78 is 52.3. The molecule has 0 fully saturated rings. The summed E-state index contributed by atoms with van der Waals surface area (Å²) in [6.45, 7) is 4.40. The van der Waals surface area contributed by atoms with Crippen molar-refractivity contribution in [2.24, 2.45) is 0 Å². The molecule has 1 aromatic heterocycles. The van der Waals surface area contributed by atoms with Gasteiger partial charge in [-0.15, -0.1) is 13.2 Å². The van der Waals surface area contributed by atoms with E-state index in [4.69, 9.17) is 9.15 Å². The van der Waals surface area contributed by atoms with Gasteiger partial charge in [0.05, 0.1) is 12.1 Å². The molecule has 1 aliphatic rings. The van der Waals surface area contributed by atoms with E-state index in [1.807, 2.05) is 30.9 Å². The van der Waals surface area contributed by atoms with E-state index in [1.165, 1.54) is 24.3 Å². The summed E-state index contributed by atoms with van der Waals surface area (Å²) in [4.78, 5) is 14.2. The van der Waals surface area contributed by atoms with Crippen LogP contribution < -0.4 is 20.0 Å². The van der Waals surface area contributed by atoms with E-state index in [-0.39, 0.29) is 18.1 Å². The van der Waals surface area contributed by atoms with Gasteiger partial charge in [-0.3, -0.25) is 0 Å². The lowest BCUT2D eigenvalue weighted by molar-refractivity contribution is -0.274. The number of fused-ring (bicyclic) bond motifs is 3. The fourth-order valence-electron chi connectivity index (χ4n) is 3.59. The number of rotatable bonds is 3. The van der Waals surface area contributed by atoms with Crippen LogP contribution in [0.3, 0.4) is 0 Å². The number of benzene rings is 2.